The minimum Gasteiger partial charge on any atom is -0.452 e. The Labute approximate surface area is 131 Å². The Kier molecular flexibility index (Phi) is 5.12. The standard InChI is InChI=1S/C16H13ClFNO3/c1-10-3-2-4-11(7-10)16(21)22-9-15(20)19-14-6-5-12(17)8-13(14)18/h2-8H,9H2,1H3,(H,19,20). The largest absolute Gasteiger partial charge is 0.452 e. The van der Waals surface area contributed by atoms with Gasteiger partial charge in [0.1, 0.15) is 5.82 Å². The van der Waals surface area contributed by atoms with Crippen LogP contribution < -0.4 is 5.32 Å². The first-order valence-corrected chi connectivity index (χ1v) is 6.82. The first-order valence-electron chi connectivity index (χ1n) is 6.44. The van der Waals surface area contributed by atoms with Crippen molar-refractivity contribution in [3.8, 4) is 0 Å². The highest BCUT2D eigenvalue weighted by Gasteiger charge is 2.12. The van der Waals surface area contributed by atoms with Gasteiger partial charge < -0.3 is 10.1 Å². The lowest BCUT2D eigenvalue weighted by Crippen LogP contribution is -2.21. The van der Waals surface area contributed by atoms with Gasteiger partial charge in [0.25, 0.3) is 5.91 Å². The van der Waals surface area contributed by atoms with Crippen LogP contribution in [0.1, 0.15) is 15.9 Å². The maximum absolute atomic E-state index is 13.5. The van der Waals surface area contributed by atoms with Crippen LogP contribution in [0, 0.1) is 12.7 Å². The molecule has 0 radical (unpaired) electrons. The molecule has 0 bridgehead atoms. The van der Waals surface area contributed by atoms with Gasteiger partial charge in [0.05, 0.1) is 11.3 Å². The van der Waals surface area contributed by atoms with E-state index in [1.807, 2.05) is 13.0 Å². The zero-order chi connectivity index (χ0) is 16.1. The van der Waals surface area contributed by atoms with Crippen LogP contribution >= 0.6 is 11.6 Å². The normalized spacial score (nSPS) is 10.1. The van der Waals surface area contributed by atoms with Gasteiger partial charge in [-0.05, 0) is 37.3 Å². The molecular formula is C16H13ClFNO3. The van der Waals surface area contributed by atoms with Crippen LogP contribution in [0.4, 0.5) is 10.1 Å². The Morgan fingerprint density at radius 2 is 2.00 bits per heavy atom. The van der Waals surface area contributed by atoms with Crippen LogP contribution in [-0.2, 0) is 9.53 Å². The molecule has 0 unspecified atom stereocenters. The lowest BCUT2D eigenvalue weighted by atomic mass is 10.1. The first-order chi connectivity index (χ1) is 10.5. The average molecular weight is 322 g/mol. The van der Waals surface area contributed by atoms with Crippen molar-refractivity contribution in [2.45, 2.75) is 6.92 Å². The predicted molar refractivity (Wildman–Crippen MR) is 81.5 cm³/mol. The molecular weight excluding hydrogens is 309 g/mol. The van der Waals surface area contributed by atoms with E-state index in [9.17, 15) is 14.0 Å². The quantitative estimate of drug-likeness (QED) is 0.876. The molecule has 0 heterocycles. The van der Waals surface area contributed by atoms with Gasteiger partial charge in [0.2, 0.25) is 0 Å². The number of amides is 1. The van der Waals surface area contributed by atoms with Crippen molar-refractivity contribution in [3.05, 3.63) is 64.4 Å². The van der Waals surface area contributed by atoms with Gasteiger partial charge in [-0.25, -0.2) is 9.18 Å². The molecule has 1 N–H and O–H groups in total. The van der Waals surface area contributed by atoms with Crippen molar-refractivity contribution in [2.75, 3.05) is 11.9 Å². The van der Waals surface area contributed by atoms with Crippen LogP contribution in [0.15, 0.2) is 42.5 Å². The number of anilines is 1. The molecule has 0 spiro atoms. The monoisotopic (exact) mass is 321 g/mol. The maximum atomic E-state index is 13.5. The number of carbonyl (C=O) groups excluding carboxylic acids is 2. The molecule has 0 aliphatic heterocycles. The highest BCUT2D eigenvalue weighted by Crippen LogP contribution is 2.18. The van der Waals surface area contributed by atoms with Crippen LogP contribution in [0.5, 0.6) is 0 Å². The summed E-state index contributed by atoms with van der Waals surface area (Å²) in [5, 5.41) is 2.53. The van der Waals surface area contributed by atoms with Crippen LogP contribution in [0.25, 0.3) is 0 Å². The van der Waals surface area contributed by atoms with Gasteiger partial charge in [0, 0.05) is 5.02 Å². The third-order valence-corrected chi connectivity index (χ3v) is 3.03. The molecule has 2 aromatic rings. The van der Waals surface area contributed by atoms with Gasteiger partial charge in [0.15, 0.2) is 6.61 Å². The van der Waals surface area contributed by atoms with Crippen LogP contribution in [0.2, 0.25) is 5.02 Å². The fourth-order valence-electron chi connectivity index (χ4n) is 1.76. The van der Waals surface area contributed by atoms with E-state index in [2.05, 4.69) is 5.32 Å². The molecule has 6 heteroatoms. The number of esters is 1. The van der Waals surface area contributed by atoms with Crippen molar-refractivity contribution in [3.63, 3.8) is 0 Å². The van der Waals surface area contributed by atoms with E-state index < -0.39 is 24.3 Å². The summed E-state index contributed by atoms with van der Waals surface area (Å²) in [6.45, 7) is 1.33. The molecule has 0 aromatic heterocycles. The van der Waals surface area contributed by atoms with E-state index in [-0.39, 0.29) is 10.7 Å². The summed E-state index contributed by atoms with van der Waals surface area (Å²) in [5.41, 5.74) is 1.23. The Morgan fingerprint density at radius 1 is 1.23 bits per heavy atom. The third-order valence-electron chi connectivity index (χ3n) is 2.79. The average Bonchev–Trinajstić information content (AvgIpc) is 2.47. The molecule has 0 fully saturated rings. The number of rotatable bonds is 4. The smallest absolute Gasteiger partial charge is 0.338 e. The van der Waals surface area contributed by atoms with E-state index in [4.69, 9.17) is 16.3 Å². The fraction of sp³-hybridized carbons (Fsp3) is 0.125. The number of benzene rings is 2. The number of ether oxygens (including phenoxy) is 1. The summed E-state index contributed by atoms with van der Waals surface area (Å²) in [6, 6.07) is 10.7. The highest BCUT2D eigenvalue weighted by molar-refractivity contribution is 6.30. The molecule has 0 aliphatic carbocycles. The van der Waals surface area contributed by atoms with Crippen molar-refractivity contribution >= 4 is 29.2 Å². The van der Waals surface area contributed by atoms with Gasteiger partial charge in [-0.2, -0.15) is 0 Å². The van der Waals surface area contributed by atoms with Crippen LogP contribution in [-0.4, -0.2) is 18.5 Å². The second-order valence-corrected chi connectivity index (χ2v) is 5.05. The lowest BCUT2D eigenvalue weighted by Gasteiger charge is -2.08. The molecule has 0 aliphatic rings. The summed E-state index contributed by atoms with van der Waals surface area (Å²) in [7, 11) is 0. The van der Waals surface area contributed by atoms with Gasteiger partial charge in [-0.3, -0.25) is 4.79 Å². The summed E-state index contributed by atoms with van der Waals surface area (Å²) in [6.07, 6.45) is 0. The summed E-state index contributed by atoms with van der Waals surface area (Å²) < 4.78 is 18.4. The topological polar surface area (TPSA) is 55.4 Å². The van der Waals surface area contributed by atoms with Crippen molar-refractivity contribution < 1.29 is 18.7 Å². The minimum atomic E-state index is -0.661. The third kappa shape index (κ3) is 4.30. The Balaban J connectivity index is 1.91. The van der Waals surface area contributed by atoms with E-state index in [0.717, 1.165) is 11.6 Å². The second-order valence-electron chi connectivity index (χ2n) is 4.62. The molecule has 0 saturated heterocycles. The van der Waals surface area contributed by atoms with Crippen LogP contribution in [0.3, 0.4) is 0 Å². The van der Waals surface area contributed by atoms with Crippen molar-refractivity contribution in [1.82, 2.24) is 0 Å². The van der Waals surface area contributed by atoms with Crippen molar-refractivity contribution in [1.29, 1.82) is 0 Å². The molecule has 2 rings (SSSR count). The van der Waals surface area contributed by atoms with Gasteiger partial charge >= 0.3 is 5.97 Å². The van der Waals surface area contributed by atoms with Gasteiger partial charge in [-0.1, -0.05) is 29.3 Å². The highest BCUT2D eigenvalue weighted by atomic mass is 35.5. The van der Waals surface area contributed by atoms with E-state index >= 15 is 0 Å². The predicted octanol–water partition coefficient (Wildman–Crippen LogP) is 3.58. The maximum Gasteiger partial charge on any atom is 0.338 e. The van der Waals surface area contributed by atoms with E-state index in [1.54, 1.807) is 18.2 Å². The zero-order valence-corrected chi connectivity index (χ0v) is 12.5. The minimum absolute atomic E-state index is 0.0268. The van der Waals surface area contributed by atoms with E-state index in [0.29, 0.717) is 5.56 Å². The SMILES string of the molecule is Cc1cccc(C(=O)OCC(=O)Nc2ccc(Cl)cc2F)c1. The number of nitrogens with one attached hydrogen (secondary N) is 1. The molecule has 114 valence electrons. The Bertz CT molecular complexity index is 718. The molecule has 22 heavy (non-hydrogen) atoms. The molecule has 0 saturated carbocycles. The molecule has 4 nitrogen and oxygen atoms in total. The molecule has 2 aromatic carbocycles. The number of halogens is 2. The number of aryl methyl sites for hydroxylation is 1. The van der Waals surface area contributed by atoms with Gasteiger partial charge in [-0.15, -0.1) is 0 Å². The number of carbonyl (C=O) groups is 2. The van der Waals surface area contributed by atoms with Crippen molar-refractivity contribution in [2.24, 2.45) is 0 Å². The fourth-order valence-corrected chi connectivity index (χ4v) is 1.92. The summed E-state index contributed by atoms with van der Waals surface area (Å²) in [5.74, 6) is -1.91. The number of hydrogen-bond acceptors (Lipinski definition) is 3. The zero-order valence-electron chi connectivity index (χ0n) is 11.7. The summed E-state index contributed by atoms with van der Waals surface area (Å²) >= 11 is 5.61. The first kappa shape index (κ1) is 16.0. The van der Waals surface area contributed by atoms with E-state index in [1.165, 1.54) is 12.1 Å². The Hall–Kier alpha value is -2.40. The lowest BCUT2D eigenvalue weighted by molar-refractivity contribution is -0.119. The number of hydrogen-bond donors (Lipinski definition) is 1. The Morgan fingerprint density at radius 3 is 2.68 bits per heavy atom. The molecule has 1 amide bonds. The molecule has 0 atom stereocenters. The summed E-state index contributed by atoms with van der Waals surface area (Å²) in [4.78, 5) is 23.4. The second kappa shape index (κ2) is 7.04.